The highest BCUT2D eigenvalue weighted by Gasteiger charge is 2.30. The van der Waals surface area contributed by atoms with E-state index in [0.717, 1.165) is 0 Å². The van der Waals surface area contributed by atoms with E-state index in [1.54, 1.807) is 34.6 Å². The van der Waals surface area contributed by atoms with Crippen LogP contribution < -0.4 is 0 Å². The summed E-state index contributed by atoms with van der Waals surface area (Å²) in [6.45, 7) is 14.6. The lowest BCUT2D eigenvalue weighted by Crippen LogP contribution is -2.27. The van der Waals surface area contributed by atoms with Gasteiger partial charge >= 0.3 is 11.9 Å². The predicted octanol–water partition coefficient (Wildman–Crippen LogP) is 3.25. The number of carbonyl (C=O) groups is 2. The molecule has 110 valence electrons. The van der Waals surface area contributed by atoms with Gasteiger partial charge in [0.25, 0.3) is 0 Å². The van der Waals surface area contributed by atoms with Gasteiger partial charge in [0.1, 0.15) is 5.57 Å². The molecule has 0 fully saturated rings. The van der Waals surface area contributed by atoms with E-state index < -0.39 is 11.9 Å². The molecular formula is C15H26O4. The molecule has 0 saturated heterocycles. The van der Waals surface area contributed by atoms with Crippen molar-refractivity contribution in [1.29, 1.82) is 0 Å². The highest BCUT2D eigenvalue weighted by molar-refractivity contribution is 6.14. The lowest BCUT2D eigenvalue weighted by Gasteiger charge is -2.23. The Morgan fingerprint density at radius 1 is 0.842 bits per heavy atom. The van der Waals surface area contributed by atoms with Gasteiger partial charge in [-0.25, -0.2) is 9.59 Å². The van der Waals surface area contributed by atoms with Gasteiger partial charge in [-0.3, -0.25) is 0 Å². The zero-order valence-electron chi connectivity index (χ0n) is 13.3. The Morgan fingerprint density at radius 3 is 1.37 bits per heavy atom. The van der Waals surface area contributed by atoms with Gasteiger partial charge in [-0.1, -0.05) is 20.8 Å². The van der Waals surface area contributed by atoms with Crippen molar-refractivity contribution in [3.63, 3.8) is 0 Å². The molecule has 0 aliphatic heterocycles. The molecular weight excluding hydrogens is 244 g/mol. The van der Waals surface area contributed by atoms with E-state index in [1.807, 2.05) is 20.8 Å². The molecule has 0 unspecified atom stereocenters. The first kappa shape index (κ1) is 17.7. The summed E-state index contributed by atoms with van der Waals surface area (Å²) in [4.78, 5) is 24.2. The number of hydrogen-bond donors (Lipinski definition) is 0. The summed E-state index contributed by atoms with van der Waals surface area (Å²) in [7, 11) is 0. The molecule has 19 heavy (non-hydrogen) atoms. The fourth-order valence-corrected chi connectivity index (χ4v) is 1.31. The normalized spacial score (nSPS) is 11.5. The summed E-state index contributed by atoms with van der Waals surface area (Å²) in [5.74, 6) is -1.24. The largest absolute Gasteiger partial charge is 0.459 e. The minimum Gasteiger partial charge on any atom is -0.459 e. The number of hydrogen-bond acceptors (Lipinski definition) is 4. The topological polar surface area (TPSA) is 52.6 Å². The quantitative estimate of drug-likeness (QED) is 0.340. The van der Waals surface area contributed by atoms with Crippen LogP contribution in [0.4, 0.5) is 0 Å². The van der Waals surface area contributed by atoms with Crippen LogP contribution in [0.3, 0.4) is 0 Å². The van der Waals surface area contributed by atoms with Gasteiger partial charge in [-0.05, 0) is 45.6 Å². The first-order valence-electron chi connectivity index (χ1n) is 6.60. The summed E-state index contributed by atoms with van der Waals surface area (Å²) in [5, 5.41) is 0. The van der Waals surface area contributed by atoms with Crippen molar-refractivity contribution in [3.8, 4) is 0 Å². The summed E-state index contributed by atoms with van der Waals surface area (Å²) < 4.78 is 10.3. The van der Waals surface area contributed by atoms with Crippen LogP contribution in [0.15, 0.2) is 11.1 Å². The van der Waals surface area contributed by atoms with Crippen LogP contribution >= 0.6 is 0 Å². The van der Waals surface area contributed by atoms with Crippen LogP contribution in [0.1, 0.15) is 55.4 Å². The minimum absolute atomic E-state index is 0.00917. The number of esters is 2. The standard InChI is InChI=1S/C15H26O4/c1-9(2)18-13(16)12(11(5)15(6,7)8)14(17)19-10(3)4/h9-10H,1-8H3. The van der Waals surface area contributed by atoms with Crippen LogP contribution in [0.5, 0.6) is 0 Å². The summed E-state index contributed by atoms with van der Waals surface area (Å²) >= 11 is 0. The first-order chi connectivity index (χ1) is 8.46. The van der Waals surface area contributed by atoms with Gasteiger partial charge in [0.2, 0.25) is 0 Å². The van der Waals surface area contributed by atoms with Gasteiger partial charge in [0.05, 0.1) is 12.2 Å². The molecule has 0 aromatic rings. The van der Waals surface area contributed by atoms with Crippen LogP contribution in [-0.2, 0) is 19.1 Å². The minimum atomic E-state index is -0.618. The van der Waals surface area contributed by atoms with Gasteiger partial charge in [0.15, 0.2) is 0 Å². The molecule has 0 heterocycles. The third-order valence-electron chi connectivity index (χ3n) is 2.59. The van der Waals surface area contributed by atoms with Crippen molar-refractivity contribution in [1.82, 2.24) is 0 Å². The Labute approximate surface area is 116 Å². The summed E-state index contributed by atoms with van der Waals surface area (Å²) in [6, 6.07) is 0. The Morgan fingerprint density at radius 2 is 1.16 bits per heavy atom. The highest BCUT2D eigenvalue weighted by atomic mass is 16.6. The zero-order chi connectivity index (χ0) is 15.4. The van der Waals surface area contributed by atoms with Crippen molar-refractivity contribution in [2.75, 3.05) is 0 Å². The second-order valence-corrected chi connectivity index (χ2v) is 6.16. The van der Waals surface area contributed by atoms with Gasteiger partial charge in [0, 0.05) is 0 Å². The van der Waals surface area contributed by atoms with Crippen molar-refractivity contribution in [3.05, 3.63) is 11.1 Å². The maximum Gasteiger partial charge on any atom is 0.345 e. The molecule has 0 N–H and O–H groups in total. The van der Waals surface area contributed by atoms with E-state index in [9.17, 15) is 9.59 Å². The molecule has 0 aliphatic rings. The molecule has 0 atom stereocenters. The molecule has 4 heteroatoms. The van der Waals surface area contributed by atoms with Crippen molar-refractivity contribution in [2.24, 2.45) is 5.41 Å². The van der Waals surface area contributed by atoms with Crippen molar-refractivity contribution < 1.29 is 19.1 Å². The fraction of sp³-hybridized carbons (Fsp3) is 0.733. The lowest BCUT2D eigenvalue weighted by atomic mass is 9.84. The Bertz CT molecular complexity index is 346. The Kier molecular flexibility index (Phi) is 6.27. The summed E-state index contributed by atoms with van der Waals surface area (Å²) in [5.41, 5.74) is 0.375. The van der Waals surface area contributed by atoms with Gasteiger partial charge in [-0.15, -0.1) is 0 Å². The maximum atomic E-state index is 12.1. The summed E-state index contributed by atoms with van der Waals surface area (Å²) in [6.07, 6.45) is -0.552. The molecule has 4 nitrogen and oxygen atoms in total. The third kappa shape index (κ3) is 5.90. The van der Waals surface area contributed by atoms with Gasteiger partial charge in [-0.2, -0.15) is 0 Å². The average Bonchev–Trinajstić information content (AvgIpc) is 2.13. The monoisotopic (exact) mass is 270 g/mol. The zero-order valence-corrected chi connectivity index (χ0v) is 13.3. The molecule has 0 saturated carbocycles. The van der Waals surface area contributed by atoms with E-state index >= 15 is 0 Å². The molecule has 0 aromatic carbocycles. The Balaban J connectivity index is 5.51. The predicted molar refractivity (Wildman–Crippen MR) is 74.6 cm³/mol. The van der Waals surface area contributed by atoms with Crippen LogP contribution in [-0.4, -0.2) is 24.1 Å². The molecule has 0 aliphatic carbocycles. The number of ether oxygens (including phenoxy) is 2. The third-order valence-corrected chi connectivity index (χ3v) is 2.59. The maximum absolute atomic E-state index is 12.1. The van der Waals surface area contributed by atoms with Crippen LogP contribution in [0.25, 0.3) is 0 Å². The second kappa shape index (κ2) is 6.73. The van der Waals surface area contributed by atoms with Crippen LogP contribution in [0, 0.1) is 5.41 Å². The second-order valence-electron chi connectivity index (χ2n) is 6.16. The van der Waals surface area contributed by atoms with E-state index in [2.05, 4.69) is 0 Å². The van der Waals surface area contributed by atoms with E-state index in [0.29, 0.717) is 5.57 Å². The molecule has 0 radical (unpaired) electrons. The smallest absolute Gasteiger partial charge is 0.345 e. The van der Waals surface area contributed by atoms with E-state index in [-0.39, 0.29) is 23.2 Å². The molecule has 0 amide bonds. The lowest BCUT2D eigenvalue weighted by molar-refractivity contribution is -0.151. The first-order valence-corrected chi connectivity index (χ1v) is 6.60. The molecule has 0 bridgehead atoms. The van der Waals surface area contributed by atoms with Crippen molar-refractivity contribution in [2.45, 2.75) is 67.6 Å². The fourth-order valence-electron chi connectivity index (χ4n) is 1.31. The SMILES string of the molecule is CC(=C(C(=O)OC(C)C)C(=O)OC(C)C)C(C)(C)C. The van der Waals surface area contributed by atoms with E-state index in [4.69, 9.17) is 9.47 Å². The van der Waals surface area contributed by atoms with Gasteiger partial charge < -0.3 is 9.47 Å². The number of carbonyl (C=O) groups excluding carboxylic acids is 2. The average molecular weight is 270 g/mol. The van der Waals surface area contributed by atoms with Crippen molar-refractivity contribution >= 4 is 11.9 Å². The molecule has 0 aromatic heterocycles. The molecule has 0 rings (SSSR count). The number of rotatable bonds is 4. The van der Waals surface area contributed by atoms with E-state index in [1.165, 1.54) is 0 Å². The Hall–Kier alpha value is -1.32. The molecule has 0 spiro atoms. The number of allylic oxidation sites excluding steroid dienone is 1. The van der Waals surface area contributed by atoms with Crippen LogP contribution in [0.2, 0.25) is 0 Å². The highest BCUT2D eigenvalue weighted by Crippen LogP contribution is 2.29.